The Morgan fingerprint density at radius 1 is 1.20 bits per heavy atom. The molecule has 0 aliphatic rings. The zero-order valence-electron chi connectivity index (χ0n) is 12.4. The summed E-state index contributed by atoms with van der Waals surface area (Å²) in [7, 11) is 0. The van der Waals surface area contributed by atoms with Gasteiger partial charge in [-0.2, -0.15) is 0 Å². The fraction of sp³-hybridized carbons (Fsp3) is 0.375. The first-order valence-electron chi connectivity index (χ1n) is 6.60. The third-order valence-corrected chi connectivity index (χ3v) is 2.34. The van der Waals surface area contributed by atoms with Gasteiger partial charge in [-0.15, -0.1) is 0 Å². The lowest BCUT2D eigenvalue weighted by atomic mass is 10.1. The minimum atomic E-state index is -0.613. The van der Waals surface area contributed by atoms with Gasteiger partial charge in [0.25, 0.3) is 5.91 Å². The predicted molar refractivity (Wildman–Crippen MR) is 78.9 cm³/mol. The average molecular weight is 275 g/mol. The van der Waals surface area contributed by atoms with E-state index in [0.717, 1.165) is 5.56 Å². The Balaban J connectivity index is 3.06. The molecule has 0 aromatic heterocycles. The van der Waals surface area contributed by atoms with Gasteiger partial charge in [-0.3, -0.25) is 4.79 Å². The zero-order chi connectivity index (χ0) is 15.2. The van der Waals surface area contributed by atoms with Gasteiger partial charge in [0.1, 0.15) is 5.57 Å². The Kier molecular flexibility index (Phi) is 5.50. The molecule has 1 aromatic rings. The van der Waals surface area contributed by atoms with Crippen LogP contribution in [0.2, 0.25) is 0 Å². The first-order valence-corrected chi connectivity index (χ1v) is 6.60. The highest BCUT2D eigenvalue weighted by Gasteiger charge is 2.23. The first kappa shape index (κ1) is 16.0. The number of nitrogens with one attached hydrogen (secondary N) is 1. The largest absolute Gasteiger partial charge is 0.462 e. The molecule has 0 bridgehead atoms. The monoisotopic (exact) mass is 275 g/mol. The molecule has 0 spiro atoms. The van der Waals surface area contributed by atoms with Crippen molar-refractivity contribution in [1.29, 1.82) is 0 Å². The second kappa shape index (κ2) is 6.89. The number of rotatable bonds is 4. The molecule has 1 rings (SSSR count). The number of carbonyl (C=O) groups is 2. The molecule has 0 heterocycles. The molecule has 0 saturated carbocycles. The maximum Gasteiger partial charge on any atom is 0.343 e. The Morgan fingerprint density at radius 3 is 2.30 bits per heavy atom. The number of hydrogen-bond acceptors (Lipinski definition) is 3. The molecule has 0 saturated heterocycles. The van der Waals surface area contributed by atoms with Crippen LogP contribution in [0.5, 0.6) is 0 Å². The lowest BCUT2D eigenvalue weighted by Crippen LogP contribution is -2.42. The van der Waals surface area contributed by atoms with Crippen LogP contribution >= 0.6 is 0 Å². The average Bonchev–Trinajstić information content (AvgIpc) is 2.35. The van der Waals surface area contributed by atoms with E-state index in [2.05, 4.69) is 5.32 Å². The van der Waals surface area contributed by atoms with E-state index in [-0.39, 0.29) is 12.2 Å². The van der Waals surface area contributed by atoms with Gasteiger partial charge in [0.05, 0.1) is 6.61 Å². The van der Waals surface area contributed by atoms with Gasteiger partial charge in [-0.1, -0.05) is 30.3 Å². The molecule has 0 unspecified atom stereocenters. The van der Waals surface area contributed by atoms with Crippen molar-refractivity contribution in [2.24, 2.45) is 0 Å². The van der Waals surface area contributed by atoms with Gasteiger partial charge < -0.3 is 10.1 Å². The van der Waals surface area contributed by atoms with E-state index < -0.39 is 17.4 Å². The van der Waals surface area contributed by atoms with Crippen LogP contribution in [-0.4, -0.2) is 24.0 Å². The summed E-state index contributed by atoms with van der Waals surface area (Å²) in [6.07, 6.45) is 1.54. The van der Waals surface area contributed by atoms with Gasteiger partial charge in [0, 0.05) is 5.54 Å². The Labute approximate surface area is 119 Å². The van der Waals surface area contributed by atoms with Crippen molar-refractivity contribution >= 4 is 18.0 Å². The fourth-order valence-corrected chi connectivity index (χ4v) is 1.55. The summed E-state index contributed by atoms with van der Waals surface area (Å²) < 4.78 is 4.94. The molecule has 108 valence electrons. The standard InChI is InChI=1S/C16H21NO3/c1-5-20-15(19)13(14(18)17-16(2,3)4)11-12-9-7-6-8-10-12/h6-11H,5H2,1-4H3,(H,17,18)/b13-11+. The fourth-order valence-electron chi connectivity index (χ4n) is 1.55. The van der Waals surface area contributed by atoms with Crippen LogP contribution in [0.15, 0.2) is 35.9 Å². The minimum absolute atomic E-state index is 0.00738. The van der Waals surface area contributed by atoms with Gasteiger partial charge >= 0.3 is 5.97 Å². The van der Waals surface area contributed by atoms with Crippen molar-refractivity contribution in [3.8, 4) is 0 Å². The van der Waals surface area contributed by atoms with Crippen molar-refractivity contribution in [2.75, 3.05) is 6.61 Å². The summed E-state index contributed by atoms with van der Waals surface area (Å²) in [4.78, 5) is 24.1. The van der Waals surface area contributed by atoms with Gasteiger partial charge in [-0.05, 0) is 39.3 Å². The molecule has 20 heavy (non-hydrogen) atoms. The highest BCUT2D eigenvalue weighted by atomic mass is 16.5. The van der Waals surface area contributed by atoms with E-state index in [1.54, 1.807) is 13.0 Å². The van der Waals surface area contributed by atoms with Crippen LogP contribution in [-0.2, 0) is 14.3 Å². The normalized spacial score (nSPS) is 11.9. The SMILES string of the molecule is CCOC(=O)/C(=C/c1ccccc1)C(=O)NC(C)(C)C. The van der Waals surface area contributed by atoms with Crippen LogP contribution in [0, 0.1) is 0 Å². The Bertz CT molecular complexity index is 498. The summed E-state index contributed by atoms with van der Waals surface area (Å²) in [5.41, 5.74) is 0.367. The summed E-state index contributed by atoms with van der Waals surface area (Å²) in [6, 6.07) is 9.20. The lowest BCUT2D eigenvalue weighted by Gasteiger charge is -2.21. The second-order valence-corrected chi connectivity index (χ2v) is 5.39. The predicted octanol–water partition coefficient (Wildman–Crippen LogP) is 2.55. The van der Waals surface area contributed by atoms with E-state index in [9.17, 15) is 9.59 Å². The molecule has 4 heteroatoms. The highest BCUT2D eigenvalue weighted by molar-refractivity contribution is 6.19. The molecule has 0 aliphatic heterocycles. The maximum atomic E-state index is 12.2. The number of ether oxygens (including phenoxy) is 1. The van der Waals surface area contributed by atoms with Crippen molar-refractivity contribution in [2.45, 2.75) is 33.2 Å². The van der Waals surface area contributed by atoms with E-state index >= 15 is 0 Å². The van der Waals surface area contributed by atoms with E-state index in [1.165, 1.54) is 0 Å². The number of carbonyl (C=O) groups excluding carboxylic acids is 2. The summed E-state index contributed by atoms with van der Waals surface area (Å²) in [6.45, 7) is 7.51. The molecule has 0 radical (unpaired) electrons. The zero-order valence-corrected chi connectivity index (χ0v) is 12.4. The lowest BCUT2D eigenvalue weighted by molar-refractivity contribution is -0.140. The molecule has 1 aromatic carbocycles. The van der Waals surface area contributed by atoms with Crippen molar-refractivity contribution in [1.82, 2.24) is 5.32 Å². The topological polar surface area (TPSA) is 55.4 Å². The van der Waals surface area contributed by atoms with Crippen LogP contribution in [0.1, 0.15) is 33.3 Å². The van der Waals surface area contributed by atoms with Gasteiger partial charge in [0.2, 0.25) is 0 Å². The molecule has 4 nitrogen and oxygen atoms in total. The minimum Gasteiger partial charge on any atom is -0.462 e. The quantitative estimate of drug-likeness (QED) is 0.397. The second-order valence-electron chi connectivity index (χ2n) is 5.39. The van der Waals surface area contributed by atoms with Crippen LogP contribution in [0.3, 0.4) is 0 Å². The molecule has 1 N–H and O–H groups in total. The third-order valence-electron chi connectivity index (χ3n) is 2.34. The van der Waals surface area contributed by atoms with Crippen LogP contribution in [0.4, 0.5) is 0 Å². The van der Waals surface area contributed by atoms with Crippen LogP contribution in [0.25, 0.3) is 6.08 Å². The molecule has 0 atom stereocenters. The number of benzene rings is 1. The third kappa shape index (κ3) is 5.26. The van der Waals surface area contributed by atoms with Gasteiger partial charge in [-0.25, -0.2) is 4.79 Å². The van der Waals surface area contributed by atoms with Gasteiger partial charge in [0.15, 0.2) is 0 Å². The first-order chi connectivity index (χ1) is 9.33. The molecular weight excluding hydrogens is 254 g/mol. The molecular formula is C16H21NO3. The maximum absolute atomic E-state index is 12.2. The van der Waals surface area contributed by atoms with E-state index in [1.807, 2.05) is 51.1 Å². The summed E-state index contributed by atoms with van der Waals surface area (Å²) in [5.74, 6) is -1.04. The van der Waals surface area contributed by atoms with Crippen molar-refractivity contribution in [3.63, 3.8) is 0 Å². The van der Waals surface area contributed by atoms with E-state index in [0.29, 0.717) is 0 Å². The number of hydrogen-bond donors (Lipinski definition) is 1. The molecule has 0 aliphatic carbocycles. The van der Waals surface area contributed by atoms with Crippen LogP contribution < -0.4 is 5.32 Å². The molecule has 1 amide bonds. The number of esters is 1. The Hall–Kier alpha value is -2.10. The summed E-state index contributed by atoms with van der Waals surface area (Å²) in [5, 5.41) is 2.77. The van der Waals surface area contributed by atoms with Crippen molar-refractivity contribution in [3.05, 3.63) is 41.5 Å². The highest BCUT2D eigenvalue weighted by Crippen LogP contribution is 2.10. The Morgan fingerprint density at radius 2 is 1.80 bits per heavy atom. The van der Waals surface area contributed by atoms with Crippen molar-refractivity contribution < 1.29 is 14.3 Å². The number of amides is 1. The smallest absolute Gasteiger partial charge is 0.343 e. The molecule has 0 fully saturated rings. The van der Waals surface area contributed by atoms with E-state index in [4.69, 9.17) is 4.74 Å². The summed E-state index contributed by atoms with van der Waals surface area (Å²) >= 11 is 0.